The zero-order valence-electron chi connectivity index (χ0n) is 9.26. The molecule has 0 aliphatic carbocycles. The minimum Gasteiger partial charge on any atom is -0.508 e. The third-order valence-corrected chi connectivity index (χ3v) is 2.59. The summed E-state index contributed by atoms with van der Waals surface area (Å²) >= 11 is 0. The van der Waals surface area contributed by atoms with Gasteiger partial charge in [0.05, 0.1) is 6.61 Å². The smallest absolute Gasteiger partial charge is 0.116 e. The van der Waals surface area contributed by atoms with E-state index >= 15 is 0 Å². The minimum absolute atomic E-state index is 0.111. The fourth-order valence-electron chi connectivity index (χ4n) is 2.09. The van der Waals surface area contributed by atoms with Crippen molar-refractivity contribution in [1.29, 1.82) is 0 Å². The van der Waals surface area contributed by atoms with Crippen LogP contribution in [0.3, 0.4) is 0 Å². The van der Waals surface area contributed by atoms with Crippen LogP contribution >= 0.6 is 0 Å². The van der Waals surface area contributed by atoms with Crippen LogP contribution in [-0.2, 0) is 5.41 Å². The topological polar surface area (TPSA) is 40.5 Å². The molecule has 0 saturated carbocycles. The lowest BCUT2D eigenvalue weighted by molar-refractivity contribution is 0.217. The second-order valence-corrected chi connectivity index (χ2v) is 4.50. The molecule has 0 aromatic heterocycles. The molecule has 0 aliphatic rings. The molecule has 1 aromatic carbocycles. The van der Waals surface area contributed by atoms with E-state index in [-0.39, 0.29) is 17.8 Å². The van der Waals surface area contributed by atoms with E-state index in [1.807, 2.05) is 27.7 Å². The summed E-state index contributed by atoms with van der Waals surface area (Å²) in [4.78, 5) is 0. The van der Waals surface area contributed by atoms with Crippen LogP contribution in [-0.4, -0.2) is 16.8 Å². The second-order valence-electron chi connectivity index (χ2n) is 4.50. The average Bonchev–Trinajstić information content (AvgIpc) is 2.01. The van der Waals surface area contributed by atoms with Crippen molar-refractivity contribution in [3.8, 4) is 5.75 Å². The number of aliphatic hydroxyl groups excluding tert-OH is 1. The van der Waals surface area contributed by atoms with E-state index in [9.17, 15) is 10.2 Å². The first-order valence-corrected chi connectivity index (χ1v) is 4.80. The predicted molar refractivity (Wildman–Crippen MR) is 57.7 cm³/mol. The summed E-state index contributed by atoms with van der Waals surface area (Å²) in [6.45, 7) is 8.02. The molecule has 2 heteroatoms. The van der Waals surface area contributed by atoms with Crippen molar-refractivity contribution in [2.75, 3.05) is 6.61 Å². The number of hydrogen-bond acceptors (Lipinski definition) is 2. The first-order valence-electron chi connectivity index (χ1n) is 4.80. The lowest BCUT2D eigenvalue weighted by Gasteiger charge is -2.26. The van der Waals surface area contributed by atoms with Crippen molar-refractivity contribution >= 4 is 0 Å². The van der Waals surface area contributed by atoms with E-state index in [1.165, 1.54) is 0 Å². The highest BCUT2D eigenvalue weighted by Gasteiger charge is 2.23. The molecule has 2 nitrogen and oxygen atoms in total. The number of phenols is 1. The number of phenolic OH excluding ortho intramolecular Hbond substituents is 1. The molecule has 0 spiro atoms. The minimum atomic E-state index is -0.248. The molecular weight excluding hydrogens is 176 g/mol. The fraction of sp³-hybridized carbons (Fsp3) is 0.500. The van der Waals surface area contributed by atoms with Crippen molar-refractivity contribution in [2.24, 2.45) is 0 Å². The normalized spacial score (nSPS) is 11.8. The van der Waals surface area contributed by atoms with Crippen LogP contribution in [0.2, 0.25) is 0 Å². The van der Waals surface area contributed by atoms with Gasteiger partial charge in [0, 0.05) is 5.41 Å². The number of hydrogen-bond donors (Lipinski definition) is 2. The lowest BCUT2D eigenvalue weighted by atomic mass is 9.80. The molecule has 2 N–H and O–H groups in total. The third kappa shape index (κ3) is 1.90. The van der Waals surface area contributed by atoms with Crippen molar-refractivity contribution < 1.29 is 10.2 Å². The SMILES string of the molecule is Cc1cc(O)cc(C)c1C(C)(C)CO. The molecule has 0 amide bonds. The van der Waals surface area contributed by atoms with Crippen LogP contribution < -0.4 is 0 Å². The van der Waals surface area contributed by atoms with E-state index in [2.05, 4.69) is 0 Å². The standard InChI is InChI=1S/C12H18O2/c1-8-5-10(14)6-9(2)11(8)12(3,4)7-13/h5-6,13-14H,7H2,1-4H3. The number of benzene rings is 1. The van der Waals surface area contributed by atoms with Gasteiger partial charge in [-0.05, 0) is 42.7 Å². The summed E-state index contributed by atoms with van der Waals surface area (Å²) in [5.41, 5.74) is 2.93. The van der Waals surface area contributed by atoms with Crippen LogP contribution in [0.1, 0.15) is 30.5 Å². The molecule has 0 heterocycles. The van der Waals surface area contributed by atoms with Crippen molar-refractivity contribution in [3.05, 3.63) is 28.8 Å². The Morgan fingerprint density at radius 3 is 1.93 bits per heavy atom. The highest BCUT2D eigenvalue weighted by molar-refractivity contribution is 5.44. The lowest BCUT2D eigenvalue weighted by Crippen LogP contribution is -2.24. The van der Waals surface area contributed by atoms with Crippen LogP contribution in [0.5, 0.6) is 5.75 Å². The zero-order chi connectivity index (χ0) is 10.9. The van der Waals surface area contributed by atoms with Gasteiger partial charge >= 0.3 is 0 Å². The molecular formula is C12H18O2. The average molecular weight is 194 g/mol. The Bertz CT molecular complexity index is 317. The van der Waals surface area contributed by atoms with Gasteiger partial charge in [-0.1, -0.05) is 13.8 Å². The van der Waals surface area contributed by atoms with Gasteiger partial charge in [-0.25, -0.2) is 0 Å². The summed E-state index contributed by atoms with van der Waals surface area (Å²) in [5, 5.41) is 18.7. The number of rotatable bonds is 2. The Morgan fingerprint density at radius 2 is 1.57 bits per heavy atom. The maximum absolute atomic E-state index is 9.39. The summed E-state index contributed by atoms with van der Waals surface area (Å²) in [7, 11) is 0. The Balaban J connectivity index is 3.35. The number of aromatic hydroxyl groups is 1. The van der Waals surface area contributed by atoms with Crippen LogP contribution in [0.25, 0.3) is 0 Å². The zero-order valence-corrected chi connectivity index (χ0v) is 9.26. The third-order valence-electron chi connectivity index (χ3n) is 2.59. The summed E-state index contributed by atoms with van der Waals surface area (Å²) in [6, 6.07) is 3.47. The van der Waals surface area contributed by atoms with E-state index in [0.29, 0.717) is 0 Å². The largest absolute Gasteiger partial charge is 0.508 e. The summed E-state index contributed by atoms with van der Waals surface area (Å²) < 4.78 is 0. The first-order chi connectivity index (χ1) is 6.38. The maximum atomic E-state index is 9.39. The fourth-order valence-corrected chi connectivity index (χ4v) is 2.09. The van der Waals surface area contributed by atoms with Crippen LogP contribution in [0.4, 0.5) is 0 Å². The van der Waals surface area contributed by atoms with Gasteiger partial charge in [0.2, 0.25) is 0 Å². The molecule has 1 aromatic rings. The van der Waals surface area contributed by atoms with Crippen molar-refractivity contribution in [2.45, 2.75) is 33.1 Å². The van der Waals surface area contributed by atoms with Crippen LogP contribution in [0.15, 0.2) is 12.1 Å². The molecule has 0 radical (unpaired) electrons. The highest BCUT2D eigenvalue weighted by atomic mass is 16.3. The van der Waals surface area contributed by atoms with Gasteiger partial charge in [-0.2, -0.15) is 0 Å². The Hall–Kier alpha value is -1.02. The van der Waals surface area contributed by atoms with Crippen LogP contribution in [0, 0.1) is 13.8 Å². The van der Waals surface area contributed by atoms with Gasteiger partial charge in [0.1, 0.15) is 5.75 Å². The molecule has 0 unspecified atom stereocenters. The summed E-state index contributed by atoms with van der Waals surface area (Å²) in [5.74, 6) is 0.289. The molecule has 78 valence electrons. The predicted octanol–water partition coefficient (Wildman–Crippen LogP) is 2.28. The Morgan fingerprint density at radius 1 is 1.14 bits per heavy atom. The molecule has 0 aliphatic heterocycles. The van der Waals surface area contributed by atoms with Crippen molar-refractivity contribution in [3.63, 3.8) is 0 Å². The maximum Gasteiger partial charge on any atom is 0.116 e. The molecule has 14 heavy (non-hydrogen) atoms. The molecule has 0 atom stereocenters. The first kappa shape index (κ1) is 11.1. The van der Waals surface area contributed by atoms with Gasteiger partial charge in [-0.3, -0.25) is 0 Å². The molecule has 1 rings (SSSR count). The van der Waals surface area contributed by atoms with Gasteiger partial charge in [0.15, 0.2) is 0 Å². The Kier molecular flexibility index (Phi) is 2.86. The Labute approximate surface area is 85.2 Å². The highest BCUT2D eigenvalue weighted by Crippen LogP contribution is 2.31. The molecule has 0 bridgehead atoms. The van der Waals surface area contributed by atoms with Gasteiger partial charge in [0.25, 0.3) is 0 Å². The van der Waals surface area contributed by atoms with Gasteiger partial charge in [-0.15, -0.1) is 0 Å². The summed E-state index contributed by atoms with van der Waals surface area (Å²) in [6.07, 6.45) is 0. The quantitative estimate of drug-likeness (QED) is 0.758. The van der Waals surface area contributed by atoms with Crippen molar-refractivity contribution in [1.82, 2.24) is 0 Å². The number of aliphatic hydroxyl groups is 1. The monoisotopic (exact) mass is 194 g/mol. The van der Waals surface area contributed by atoms with E-state index < -0.39 is 0 Å². The number of aryl methyl sites for hydroxylation is 2. The van der Waals surface area contributed by atoms with E-state index in [1.54, 1.807) is 12.1 Å². The molecule has 0 saturated heterocycles. The van der Waals surface area contributed by atoms with E-state index in [0.717, 1.165) is 16.7 Å². The second kappa shape index (κ2) is 3.62. The van der Waals surface area contributed by atoms with E-state index in [4.69, 9.17) is 0 Å². The molecule has 0 fully saturated rings. The van der Waals surface area contributed by atoms with Gasteiger partial charge < -0.3 is 10.2 Å².